The quantitative estimate of drug-likeness (QED) is 0.543. The number of carbonyl (C=O) groups is 1. The van der Waals surface area contributed by atoms with E-state index in [9.17, 15) is 4.79 Å². The number of likely N-dealkylation sites (N-methyl/N-ethyl adjacent to an activating group) is 1. The zero-order chi connectivity index (χ0) is 23.6. The minimum Gasteiger partial charge on any atom is -0.361 e. The van der Waals surface area contributed by atoms with Gasteiger partial charge in [0.2, 0.25) is 0 Å². The number of carbonyl (C=O) groups excluding carboxylic acids is 1. The molecule has 1 saturated carbocycles. The molecule has 2 atom stereocenters. The smallest absolute Gasteiger partial charge is 0.251 e. The van der Waals surface area contributed by atoms with Gasteiger partial charge >= 0.3 is 0 Å². The van der Waals surface area contributed by atoms with Crippen LogP contribution >= 0.6 is 0 Å². The highest BCUT2D eigenvalue weighted by molar-refractivity contribution is 6.06. The topological polar surface area (TPSA) is 44.3 Å². The van der Waals surface area contributed by atoms with E-state index in [4.69, 9.17) is 0 Å². The third-order valence-corrected chi connectivity index (χ3v) is 8.25. The van der Waals surface area contributed by atoms with E-state index in [0.717, 1.165) is 48.3 Å². The van der Waals surface area contributed by atoms with Gasteiger partial charge in [0.25, 0.3) is 5.91 Å². The molecule has 1 saturated heterocycles. The van der Waals surface area contributed by atoms with Crippen LogP contribution in [0.5, 0.6) is 0 Å². The number of aromatic amines is 1. The number of allylic oxidation sites excluding steroid dienone is 2. The van der Waals surface area contributed by atoms with Crippen molar-refractivity contribution in [1.29, 1.82) is 0 Å². The molecule has 2 aromatic heterocycles. The van der Waals surface area contributed by atoms with Gasteiger partial charge in [0, 0.05) is 78.8 Å². The average molecular weight is 453 g/mol. The Bertz CT molecular complexity index is 1360. The summed E-state index contributed by atoms with van der Waals surface area (Å²) in [4.78, 5) is 21.3. The second-order valence-corrected chi connectivity index (χ2v) is 10.2. The SMILES string of the molecule is C=C/C(=C\c1ccn(C)c1C)C1=CC(=O)N(c2ccc3c(C4CN(C)C4)c[nH]c3c2)C2CC[C@@H]12. The number of fused-ring (bicyclic) bond motifs is 2. The molecule has 1 amide bonds. The molecule has 34 heavy (non-hydrogen) atoms. The molecule has 2 fully saturated rings. The number of aromatic nitrogens is 2. The third-order valence-electron chi connectivity index (χ3n) is 8.25. The summed E-state index contributed by atoms with van der Waals surface area (Å²) < 4.78 is 2.12. The lowest BCUT2D eigenvalue weighted by molar-refractivity contribution is -0.115. The first kappa shape index (κ1) is 21.2. The van der Waals surface area contributed by atoms with Gasteiger partial charge in [-0.05, 0) is 73.4 Å². The summed E-state index contributed by atoms with van der Waals surface area (Å²) in [5, 5.41) is 1.28. The summed E-state index contributed by atoms with van der Waals surface area (Å²) in [6.07, 6.45) is 12.3. The Hall–Kier alpha value is -3.31. The molecule has 0 bridgehead atoms. The van der Waals surface area contributed by atoms with Gasteiger partial charge in [0.1, 0.15) is 0 Å². The van der Waals surface area contributed by atoms with Gasteiger partial charge in [-0.1, -0.05) is 18.7 Å². The Labute approximate surface area is 201 Å². The van der Waals surface area contributed by atoms with Crippen LogP contribution in [-0.2, 0) is 11.8 Å². The molecular formula is C29H32N4O. The number of H-pyrrole nitrogens is 1. The number of anilines is 1. The fourth-order valence-electron chi connectivity index (χ4n) is 5.97. The van der Waals surface area contributed by atoms with Crippen LogP contribution in [0.4, 0.5) is 5.69 Å². The molecule has 1 aromatic carbocycles. The first-order valence-corrected chi connectivity index (χ1v) is 12.3. The Morgan fingerprint density at radius 1 is 1.18 bits per heavy atom. The maximum absolute atomic E-state index is 13.4. The number of benzene rings is 1. The summed E-state index contributed by atoms with van der Waals surface area (Å²) >= 11 is 0. The third kappa shape index (κ3) is 3.22. The molecule has 2 aliphatic heterocycles. The number of nitrogens with one attached hydrogen (secondary N) is 1. The Morgan fingerprint density at radius 2 is 2.00 bits per heavy atom. The molecule has 0 spiro atoms. The summed E-state index contributed by atoms with van der Waals surface area (Å²) in [7, 11) is 4.22. The molecule has 4 heterocycles. The summed E-state index contributed by atoms with van der Waals surface area (Å²) in [6, 6.07) is 8.81. The van der Waals surface area contributed by atoms with Crippen LogP contribution in [0.1, 0.15) is 35.6 Å². The minimum atomic E-state index is 0.0697. The number of rotatable bonds is 5. The van der Waals surface area contributed by atoms with Gasteiger partial charge in [-0.25, -0.2) is 0 Å². The van der Waals surface area contributed by atoms with Gasteiger partial charge in [-0.3, -0.25) is 4.79 Å². The van der Waals surface area contributed by atoms with E-state index in [2.05, 4.69) is 84.8 Å². The molecule has 6 rings (SSSR count). The van der Waals surface area contributed by atoms with Gasteiger partial charge in [0.05, 0.1) is 0 Å². The van der Waals surface area contributed by atoms with Crippen LogP contribution in [0.3, 0.4) is 0 Å². The van der Waals surface area contributed by atoms with Crippen LogP contribution < -0.4 is 4.90 Å². The highest BCUT2D eigenvalue weighted by Gasteiger charge is 2.44. The minimum absolute atomic E-state index is 0.0697. The maximum atomic E-state index is 13.4. The van der Waals surface area contributed by atoms with Gasteiger partial charge in [-0.15, -0.1) is 0 Å². The van der Waals surface area contributed by atoms with Crippen molar-refractivity contribution < 1.29 is 4.79 Å². The highest BCUT2D eigenvalue weighted by atomic mass is 16.2. The molecule has 1 aliphatic carbocycles. The first-order valence-electron chi connectivity index (χ1n) is 12.3. The molecule has 5 heteroatoms. The number of nitrogens with zero attached hydrogens (tertiary/aromatic N) is 3. The molecule has 0 radical (unpaired) electrons. The van der Waals surface area contributed by atoms with E-state index in [1.165, 1.54) is 22.2 Å². The van der Waals surface area contributed by atoms with E-state index in [-0.39, 0.29) is 11.9 Å². The normalized spacial score (nSPS) is 23.5. The fourth-order valence-corrected chi connectivity index (χ4v) is 5.97. The number of hydrogen-bond acceptors (Lipinski definition) is 2. The molecule has 3 aliphatic rings. The van der Waals surface area contributed by atoms with Crippen molar-refractivity contribution in [2.45, 2.75) is 31.7 Å². The standard InChI is InChI=1S/C29H32N4O/c1-5-19(12-20-10-11-32(4)18(20)2)25-14-29(34)33(28-9-8-24(25)28)22-6-7-23-26(15-30-27(23)13-22)21-16-31(3)17-21/h5-7,10-15,21,24,28,30H,1,8-9,16-17H2,2-4H3/b19-12+/t24-,28?/m0/s1. The van der Waals surface area contributed by atoms with Crippen LogP contribution in [0, 0.1) is 12.8 Å². The zero-order valence-electron chi connectivity index (χ0n) is 20.2. The molecule has 1 unspecified atom stereocenters. The second-order valence-electron chi connectivity index (χ2n) is 10.2. The summed E-state index contributed by atoms with van der Waals surface area (Å²) in [5.74, 6) is 1.02. The Kier molecular flexibility index (Phi) is 4.92. The van der Waals surface area contributed by atoms with Crippen molar-refractivity contribution in [2.75, 3.05) is 25.0 Å². The number of amides is 1. The Balaban J connectivity index is 1.32. The fraction of sp³-hybridized carbons (Fsp3) is 0.345. The number of hydrogen-bond donors (Lipinski definition) is 1. The van der Waals surface area contributed by atoms with Gasteiger partial charge in [0.15, 0.2) is 0 Å². The van der Waals surface area contributed by atoms with Crippen molar-refractivity contribution in [3.05, 3.63) is 83.4 Å². The largest absolute Gasteiger partial charge is 0.361 e. The van der Waals surface area contributed by atoms with Crippen molar-refractivity contribution in [2.24, 2.45) is 13.0 Å². The molecule has 1 N–H and O–H groups in total. The lowest BCUT2D eigenvalue weighted by atomic mass is 9.69. The van der Waals surface area contributed by atoms with E-state index in [1.54, 1.807) is 0 Å². The summed E-state index contributed by atoms with van der Waals surface area (Å²) in [6.45, 7) is 8.41. The molecule has 5 nitrogen and oxygen atoms in total. The van der Waals surface area contributed by atoms with Gasteiger partial charge < -0.3 is 19.4 Å². The number of aryl methyl sites for hydroxylation is 1. The average Bonchev–Trinajstić information content (AvgIpc) is 3.34. The van der Waals surface area contributed by atoms with Gasteiger partial charge in [-0.2, -0.15) is 0 Å². The highest BCUT2D eigenvalue weighted by Crippen LogP contribution is 2.46. The molecule has 3 aromatic rings. The van der Waals surface area contributed by atoms with E-state index < -0.39 is 0 Å². The van der Waals surface area contributed by atoms with Crippen LogP contribution in [0.25, 0.3) is 17.0 Å². The van der Waals surface area contributed by atoms with Crippen molar-refractivity contribution in [3.63, 3.8) is 0 Å². The van der Waals surface area contributed by atoms with E-state index >= 15 is 0 Å². The van der Waals surface area contributed by atoms with Crippen molar-refractivity contribution >= 4 is 28.6 Å². The predicted molar refractivity (Wildman–Crippen MR) is 139 cm³/mol. The zero-order valence-corrected chi connectivity index (χ0v) is 20.2. The van der Waals surface area contributed by atoms with Crippen LogP contribution in [-0.4, -0.2) is 46.5 Å². The monoisotopic (exact) mass is 452 g/mol. The molecular weight excluding hydrogens is 420 g/mol. The first-order chi connectivity index (χ1) is 16.4. The molecule has 174 valence electrons. The van der Waals surface area contributed by atoms with E-state index in [0.29, 0.717) is 11.8 Å². The van der Waals surface area contributed by atoms with Crippen LogP contribution in [0.2, 0.25) is 0 Å². The summed E-state index contributed by atoms with van der Waals surface area (Å²) in [5.41, 5.74) is 8.08. The Morgan fingerprint density at radius 3 is 2.65 bits per heavy atom. The van der Waals surface area contributed by atoms with Crippen molar-refractivity contribution in [1.82, 2.24) is 14.5 Å². The van der Waals surface area contributed by atoms with E-state index in [1.807, 2.05) is 17.1 Å². The lowest BCUT2D eigenvalue weighted by Gasteiger charge is -2.48. The lowest BCUT2D eigenvalue weighted by Crippen LogP contribution is -2.53. The van der Waals surface area contributed by atoms with Crippen molar-refractivity contribution in [3.8, 4) is 0 Å². The maximum Gasteiger partial charge on any atom is 0.251 e. The number of likely N-dealkylation sites (tertiary alicyclic amines) is 1. The second kappa shape index (κ2) is 7.88. The predicted octanol–water partition coefficient (Wildman–Crippen LogP) is 5.17. The van der Waals surface area contributed by atoms with Crippen LogP contribution in [0.15, 0.2) is 66.5 Å².